The lowest BCUT2D eigenvalue weighted by Gasteiger charge is -2.04. The number of fused-ring (bicyclic) bond motifs is 1. The van der Waals surface area contributed by atoms with Gasteiger partial charge in [0, 0.05) is 4.70 Å². The number of carbonyl (C=O) groups is 1. The van der Waals surface area contributed by atoms with E-state index in [1.165, 1.54) is 17.7 Å². The first-order chi connectivity index (χ1) is 9.65. The van der Waals surface area contributed by atoms with Crippen molar-refractivity contribution in [3.63, 3.8) is 0 Å². The van der Waals surface area contributed by atoms with Gasteiger partial charge in [0.15, 0.2) is 11.0 Å². The summed E-state index contributed by atoms with van der Waals surface area (Å²) >= 11 is 13.1. The molecule has 0 aliphatic carbocycles. The first-order valence-corrected chi connectivity index (χ1v) is 7.18. The van der Waals surface area contributed by atoms with Crippen LogP contribution < -0.4 is 5.32 Å². The average molecular weight is 324 g/mol. The van der Waals surface area contributed by atoms with E-state index in [2.05, 4.69) is 15.3 Å². The lowest BCUT2D eigenvalue weighted by molar-refractivity contribution is 0.103. The molecule has 0 atom stereocenters. The Balaban J connectivity index is 1.91. The van der Waals surface area contributed by atoms with Gasteiger partial charge < -0.3 is 5.32 Å². The molecule has 2 heterocycles. The maximum Gasteiger partial charge on any atom is 0.266 e. The summed E-state index contributed by atoms with van der Waals surface area (Å²) in [7, 11) is 0. The summed E-state index contributed by atoms with van der Waals surface area (Å²) in [6.07, 6.45) is 1.24. The molecule has 3 rings (SSSR count). The molecule has 20 heavy (non-hydrogen) atoms. The molecule has 0 saturated heterocycles. The second kappa shape index (κ2) is 5.36. The van der Waals surface area contributed by atoms with Gasteiger partial charge in [0.05, 0.1) is 4.88 Å². The second-order valence-electron chi connectivity index (χ2n) is 3.93. The fraction of sp³-hybridized carbons (Fsp3) is 0. The van der Waals surface area contributed by atoms with Crippen LogP contribution in [0.3, 0.4) is 0 Å². The summed E-state index contributed by atoms with van der Waals surface area (Å²) in [5.41, 5.74) is 0. The van der Waals surface area contributed by atoms with Gasteiger partial charge in [-0.05, 0) is 17.5 Å². The van der Waals surface area contributed by atoms with Crippen LogP contribution in [0, 0.1) is 0 Å². The summed E-state index contributed by atoms with van der Waals surface area (Å²) in [4.78, 5) is 20.4. The number of nitrogens with zero attached hydrogens (tertiary/aromatic N) is 2. The van der Waals surface area contributed by atoms with Gasteiger partial charge in [-0.3, -0.25) is 4.79 Å². The topological polar surface area (TPSA) is 54.9 Å². The SMILES string of the molecule is O=C(Nc1ncnc(Cl)c1Cl)c1cc2ccccc2s1. The Morgan fingerprint density at radius 3 is 2.80 bits per heavy atom. The molecule has 7 heteroatoms. The standard InChI is InChI=1S/C13H7Cl2N3OS/c14-10-11(15)16-6-17-12(10)18-13(19)9-5-7-3-1-2-4-8(7)20-9/h1-6H,(H,16,17,18,19). The average Bonchev–Trinajstić information content (AvgIpc) is 2.88. The van der Waals surface area contributed by atoms with Crippen LogP contribution in [0.25, 0.3) is 10.1 Å². The summed E-state index contributed by atoms with van der Waals surface area (Å²) < 4.78 is 1.05. The highest BCUT2D eigenvalue weighted by Gasteiger charge is 2.14. The van der Waals surface area contributed by atoms with Crippen molar-refractivity contribution in [2.24, 2.45) is 0 Å². The molecule has 1 amide bonds. The minimum Gasteiger partial charge on any atom is -0.304 e. The van der Waals surface area contributed by atoms with E-state index in [0.29, 0.717) is 4.88 Å². The summed E-state index contributed by atoms with van der Waals surface area (Å²) in [5.74, 6) is -0.0722. The second-order valence-corrected chi connectivity index (χ2v) is 5.75. The third-order valence-corrected chi connectivity index (χ3v) is 4.48. The monoisotopic (exact) mass is 323 g/mol. The highest BCUT2D eigenvalue weighted by atomic mass is 35.5. The molecule has 0 radical (unpaired) electrons. The van der Waals surface area contributed by atoms with Crippen molar-refractivity contribution < 1.29 is 4.79 Å². The van der Waals surface area contributed by atoms with Crippen LogP contribution in [-0.2, 0) is 0 Å². The van der Waals surface area contributed by atoms with Crippen molar-refractivity contribution in [3.05, 3.63) is 51.7 Å². The van der Waals surface area contributed by atoms with Gasteiger partial charge in [-0.25, -0.2) is 9.97 Å². The molecule has 0 fully saturated rings. The number of amides is 1. The van der Waals surface area contributed by atoms with Gasteiger partial charge in [-0.1, -0.05) is 41.4 Å². The number of rotatable bonds is 2. The van der Waals surface area contributed by atoms with E-state index in [0.717, 1.165) is 10.1 Å². The number of anilines is 1. The van der Waals surface area contributed by atoms with Crippen molar-refractivity contribution in [1.82, 2.24) is 9.97 Å². The van der Waals surface area contributed by atoms with E-state index >= 15 is 0 Å². The Kier molecular flexibility index (Phi) is 3.56. The molecule has 2 aromatic heterocycles. The van der Waals surface area contributed by atoms with Crippen molar-refractivity contribution in [2.45, 2.75) is 0 Å². The van der Waals surface area contributed by atoms with E-state index in [1.807, 2.05) is 30.3 Å². The van der Waals surface area contributed by atoms with Gasteiger partial charge in [0.2, 0.25) is 0 Å². The number of halogens is 2. The maximum atomic E-state index is 12.2. The van der Waals surface area contributed by atoms with Crippen molar-refractivity contribution in [3.8, 4) is 0 Å². The van der Waals surface area contributed by atoms with Crippen LogP contribution in [0.2, 0.25) is 10.2 Å². The number of benzene rings is 1. The third kappa shape index (κ3) is 2.47. The minimum atomic E-state index is -0.275. The molecule has 0 aliphatic heterocycles. The van der Waals surface area contributed by atoms with Crippen LogP contribution in [0.4, 0.5) is 5.82 Å². The van der Waals surface area contributed by atoms with Crippen LogP contribution in [0.5, 0.6) is 0 Å². The largest absolute Gasteiger partial charge is 0.304 e. The van der Waals surface area contributed by atoms with Gasteiger partial charge in [0.25, 0.3) is 5.91 Å². The van der Waals surface area contributed by atoms with Crippen molar-refractivity contribution >= 4 is 56.3 Å². The molecule has 0 spiro atoms. The van der Waals surface area contributed by atoms with E-state index in [9.17, 15) is 4.79 Å². The molecule has 1 aromatic carbocycles. The number of aromatic nitrogens is 2. The quantitative estimate of drug-likeness (QED) is 0.717. The number of carbonyl (C=O) groups excluding carboxylic acids is 1. The van der Waals surface area contributed by atoms with E-state index < -0.39 is 0 Å². The predicted molar refractivity (Wildman–Crippen MR) is 81.8 cm³/mol. The number of nitrogens with one attached hydrogen (secondary N) is 1. The number of thiophene rings is 1. The smallest absolute Gasteiger partial charge is 0.266 e. The first kappa shape index (κ1) is 13.3. The molecular weight excluding hydrogens is 317 g/mol. The fourth-order valence-corrected chi connectivity index (χ4v) is 2.93. The maximum absolute atomic E-state index is 12.2. The molecular formula is C13H7Cl2N3OS. The third-order valence-electron chi connectivity index (χ3n) is 2.63. The Hall–Kier alpha value is -1.69. The molecule has 100 valence electrons. The zero-order chi connectivity index (χ0) is 14.1. The normalized spacial score (nSPS) is 10.7. The molecule has 1 N–H and O–H groups in total. The lowest BCUT2D eigenvalue weighted by Crippen LogP contribution is -2.12. The van der Waals surface area contributed by atoms with Crippen LogP contribution in [-0.4, -0.2) is 15.9 Å². The fourth-order valence-electron chi connectivity index (χ4n) is 1.70. The zero-order valence-electron chi connectivity index (χ0n) is 9.93. The number of hydrogen-bond acceptors (Lipinski definition) is 4. The van der Waals surface area contributed by atoms with Crippen molar-refractivity contribution in [1.29, 1.82) is 0 Å². The van der Waals surface area contributed by atoms with Crippen LogP contribution in [0.15, 0.2) is 36.7 Å². The zero-order valence-corrected chi connectivity index (χ0v) is 12.3. The van der Waals surface area contributed by atoms with E-state index in [1.54, 1.807) is 0 Å². The van der Waals surface area contributed by atoms with Crippen molar-refractivity contribution in [2.75, 3.05) is 5.32 Å². The van der Waals surface area contributed by atoms with E-state index in [4.69, 9.17) is 23.2 Å². The summed E-state index contributed by atoms with van der Waals surface area (Å²) in [5, 5.41) is 3.89. The predicted octanol–water partition coefficient (Wildman–Crippen LogP) is 4.25. The first-order valence-electron chi connectivity index (χ1n) is 5.61. The molecule has 4 nitrogen and oxygen atoms in total. The Morgan fingerprint density at radius 2 is 2.00 bits per heavy atom. The molecule has 0 aliphatic rings. The Labute approximate surface area is 128 Å². The van der Waals surface area contributed by atoms with Crippen LogP contribution >= 0.6 is 34.5 Å². The van der Waals surface area contributed by atoms with E-state index in [-0.39, 0.29) is 21.9 Å². The molecule has 0 unspecified atom stereocenters. The highest BCUT2D eigenvalue weighted by molar-refractivity contribution is 7.20. The van der Waals surface area contributed by atoms with Gasteiger partial charge in [-0.15, -0.1) is 11.3 Å². The van der Waals surface area contributed by atoms with Gasteiger partial charge >= 0.3 is 0 Å². The van der Waals surface area contributed by atoms with Gasteiger partial charge in [-0.2, -0.15) is 0 Å². The summed E-state index contributed by atoms with van der Waals surface area (Å²) in [6, 6.07) is 9.61. The minimum absolute atomic E-state index is 0.105. The highest BCUT2D eigenvalue weighted by Crippen LogP contribution is 2.28. The lowest BCUT2D eigenvalue weighted by atomic mass is 10.2. The summed E-state index contributed by atoms with van der Waals surface area (Å²) in [6.45, 7) is 0. The Bertz CT molecular complexity index is 770. The Morgan fingerprint density at radius 1 is 1.20 bits per heavy atom. The molecule has 0 saturated carbocycles. The molecule has 3 aromatic rings. The number of hydrogen-bond donors (Lipinski definition) is 1. The van der Waals surface area contributed by atoms with Gasteiger partial charge in [0.1, 0.15) is 11.3 Å². The van der Waals surface area contributed by atoms with Crippen LogP contribution in [0.1, 0.15) is 9.67 Å². The molecule has 0 bridgehead atoms.